The van der Waals surface area contributed by atoms with Crippen LogP contribution in [0.1, 0.15) is 40.0 Å². The summed E-state index contributed by atoms with van der Waals surface area (Å²) in [6.07, 6.45) is 3.76. The summed E-state index contributed by atoms with van der Waals surface area (Å²) in [6.45, 7) is 12.6. The SMILES string of the molecule is CCNC(=NCC1(C)CCOC1)N1CCCC(C)C1.I. The molecule has 0 saturated carbocycles. The minimum Gasteiger partial charge on any atom is -0.381 e. The van der Waals surface area contributed by atoms with E-state index in [1.54, 1.807) is 0 Å². The Morgan fingerprint density at radius 2 is 2.30 bits per heavy atom. The predicted octanol–water partition coefficient (Wildman–Crippen LogP) is 2.73. The molecule has 2 heterocycles. The van der Waals surface area contributed by atoms with Crippen molar-refractivity contribution in [2.45, 2.75) is 40.0 Å². The minimum atomic E-state index is 0. The molecule has 2 rings (SSSR count). The number of piperidine rings is 1. The zero-order valence-electron chi connectivity index (χ0n) is 13.2. The van der Waals surface area contributed by atoms with Gasteiger partial charge in [0.25, 0.3) is 0 Å². The maximum atomic E-state index is 5.51. The fourth-order valence-electron chi connectivity index (χ4n) is 2.91. The number of nitrogens with one attached hydrogen (secondary N) is 1. The zero-order valence-corrected chi connectivity index (χ0v) is 15.5. The highest BCUT2D eigenvalue weighted by atomic mass is 127. The molecule has 0 amide bonds. The van der Waals surface area contributed by atoms with Crippen LogP contribution in [0.3, 0.4) is 0 Å². The first-order valence-corrected chi connectivity index (χ1v) is 7.74. The summed E-state index contributed by atoms with van der Waals surface area (Å²) >= 11 is 0. The number of aliphatic imine (C=N–C) groups is 1. The maximum absolute atomic E-state index is 5.51. The van der Waals surface area contributed by atoms with Gasteiger partial charge in [0, 0.05) is 31.7 Å². The van der Waals surface area contributed by atoms with Crippen LogP contribution in [0.2, 0.25) is 0 Å². The highest BCUT2D eigenvalue weighted by Crippen LogP contribution is 2.28. The molecular weight excluding hydrogens is 365 g/mol. The average molecular weight is 395 g/mol. The summed E-state index contributed by atoms with van der Waals surface area (Å²) in [5, 5.41) is 3.45. The number of hydrogen-bond acceptors (Lipinski definition) is 2. The third kappa shape index (κ3) is 5.06. The Bertz CT molecular complexity index is 316. The monoisotopic (exact) mass is 395 g/mol. The molecule has 4 nitrogen and oxygen atoms in total. The van der Waals surface area contributed by atoms with Gasteiger partial charge in [0.15, 0.2) is 5.96 Å². The molecule has 20 heavy (non-hydrogen) atoms. The molecule has 2 aliphatic rings. The lowest BCUT2D eigenvalue weighted by atomic mass is 9.90. The van der Waals surface area contributed by atoms with Crippen LogP contribution in [-0.2, 0) is 4.74 Å². The van der Waals surface area contributed by atoms with E-state index < -0.39 is 0 Å². The van der Waals surface area contributed by atoms with Gasteiger partial charge in [-0.05, 0) is 32.1 Å². The predicted molar refractivity (Wildman–Crippen MR) is 94.9 cm³/mol. The van der Waals surface area contributed by atoms with E-state index in [0.29, 0.717) is 0 Å². The molecule has 2 unspecified atom stereocenters. The molecule has 2 saturated heterocycles. The van der Waals surface area contributed by atoms with Crippen LogP contribution in [0.4, 0.5) is 0 Å². The lowest BCUT2D eigenvalue weighted by Crippen LogP contribution is -2.46. The third-order valence-electron chi connectivity index (χ3n) is 4.20. The Morgan fingerprint density at radius 3 is 2.90 bits per heavy atom. The number of ether oxygens (including phenoxy) is 1. The molecule has 0 aliphatic carbocycles. The molecule has 118 valence electrons. The second kappa shape index (κ2) is 8.41. The first-order chi connectivity index (χ1) is 9.13. The van der Waals surface area contributed by atoms with Gasteiger partial charge in [0.1, 0.15) is 0 Å². The van der Waals surface area contributed by atoms with E-state index in [4.69, 9.17) is 9.73 Å². The van der Waals surface area contributed by atoms with Crippen LogP contribution >= 0.6 is 24.0 Å². The van der Waals surface area contributed by atoms with Crippen molar-refractivity contribution < 1.29 is 4.74 Å². The standard InChI is InChI=1S/C15H29N3O.HI/c1-4-16-14(18-8-5-6-13(2)10-18)17-11-15(3)7-9-19-12-15;/h13H,4-12H2,1-3H3,(H,16,17);1H. The number of halogens is 1. The smallest absolute Gasteiger partial charge is 0.193 e. The summed E-state index contributed by atoms with van der Waals surface area (Å²) in [5.74, 6) is 1.88. The Balaban J connectivity index is 0.00000200. The van der Waals surface area contributed by atoms with Crippen LogP contribution in [0, 0.1) is 11.3 Å². The Hall–Kier alpha value is -0.0400. The van der Waals surface area contributed by atoms with Gasteiger partial charge >= 0.3 is 0 Å². The molecule has 2 atom stereocenters. The molecule has 0 aromatic heterocycles. The second-order valence-electron chi connectivity index (χ2n) is 6.48. The topological polar surface area (TPSA) is 36.9 Å². The number of hydrogen-bond donors (Lipinski definition) is 1. The molecule has 2 fully saturated rings. The molecule has 0 spiro atoms. The molecular formula is C15H30IN3O. The van der Waals surface area contributed by atoms with Gasteiger partial charge in [-0.3, -0.25) is 4.99 Å². The number of likely N-dealkylation sites (tertiary alicyclic amines) is 1. The van der Waals surface area contributed by atoms with Gasteiger partial charge in [-0.15, -0.1) is 24.0 Å². The molecule has 0 bridgehead atoms. The van der Waals surface area contributed by atoms with Crippen LogP contribution in [0.5, 0.6) is 0 Å². The zero-order chi connectivity index (χ0) is 13.7. The highest BCUT2D eigenvalue weighted by molar-refractivity contribution is 14.0. The average Bonchev–Trinajstić information content (AvgIpc) is 2.82. The molecule has 2 aliphatic heterocycles. The summed E-state index contributed by atoms with van der Waals surface area (Å²) in [4.78, 5) is 7.30. The summed E-state index contributed by atoms with van der Waals surface area (Å²) in [7, 11) is 0. The fraction of sp³-hybridized carbons (Fsp3) is 0.933. The summed E-state index contributed by atoms with van der Waals surface area (Å²) < 4.78 is 5.51. The molecule has 1 N–H and O–H groups in total. The van der Waals surface area contributed by atoms with E-state index in [1.165, 1.54) is 12.8 Å². The fourth-order valence-corrected chi connectivity index (χ4v) is 2.91. The lowest BCUT2D eigenvalue weighted by Gasteiger charge is -2.34. The van der Waals surface area contributed by atoms with E-state index in [2.05, 4.69) is 31.0 Å². The number of nitrogens with zero attached hydrogens (tertiary/aromatic N) is 2. The van der Waals surface area contributed by atoms with Crippen molar-refractivity contribution in [3.8, 4) is 0 Å². The van der Waals surface area contributed by atoms with E-state index in [1.807, 2.05) is 0 Å². The maximum Gasteiger partial charge on any atom is 0.193 e. The normalized spacial score (nSPS) is 31.1. The van der Waals surface area contributed by atoms with E-state index in [9.17, 15) is 0 Å². The van der Waals surface area contributed by atoms with Gasteiger partial charge < -0.3 is 15.0 Å². The first-order valence-electron chi connectivity index (χ1n) is 7.74. The third-order valence-corrected chi connectivity index (χ3v) is 4.20. The highest BCUT2D eigenvalue weighted by Gasteiger charge is 2.30. The van der Waals surface area contributed by atoms with Crippen LogP contribution in [0.15, 0.2) is 4.99 Å². The van der Waals surface area contributed by atoms with Gasteiger partial charge in [0.05, 0.1) is 13.2 Å². The van der Waals surface area contributed by atoms with Crippen LogP contribution in [0.25, 0.3) is 0 Å². The van der Waals surface area contributed by atoms with E-state index >= 15 is 0 Å². The van der Waals surface area contributed by atoms with Crippen molar-refractivity contribution in [2.24, 2.45) is 16.3 Å². The van der Waals surface area contributed by atoms with Gasteiger partial charge in [-0.1, -0.05) is 13.8 Å². The van der Waals surface area contributed by atoms with Crippen molar-refractivity contribution in [3.05, 3.63) is 0 Å². The molecule has 0 aromatic carbocycles. The van der Waals surface area contributed by atoms with Crippen LogP contribution in [-0.4, -0.2) is 50.3 Å². The van der Waals surface area contributed by atoms with Crippen molar-refractivity contribution in [1.29, 1.82) is 0 Å². The molecule has 5 heteroatoms. The van der Waals surface area contributed by atoms with Gasteiger partial charge in [0.2, 0.25) is 0 Å². The first kappa shape index (κ1) is 18.0. The van der Waals surface area contributed by atoms with Crippen molar-refractivity contribution in [1.82, 2.24) is 10.2 Å². The summed E-state index contributed by atoms with van der Waals surface area (Å²) in [6, 6.07) is 0. The second-order valence-corrected chi connectivity index (χ2v) is 6.48. The lowest BCUT2D eigenvalue weighted by molar-refractivity contribution is 0.162. The van der Waals surface area contributed by atoms with Crippen LogP contribution < -0.4 is 5.32 Å². The minimum absolute atomic E-state index is 0. The quantitative estimate of drug-likeness (QED) is 0.454. The van der Waals surface area contributed by atoms with Crippen molar-refractivity contribution in [3.63, 3.8) is 0 Å². The van der Waals surface area contributed by atoms with E-state index in [-0.39, 0.29) is 29.4 Å². The number of guanidine groups is 1. The van der Waals surface area contributed by atoms with Gasteiger partial charge in [-0.25, -0.2) is 0 Å². The van der Waals surface area contributed by atoms with Crippen molar-refractivity contribution >= 4 is 29.9 Å². The molecule has 0 aromatic rings. The Labute approximate surface area is 140 Å². The Kier molecular flexibility index (Phi) is 7.58. The number of rotatable bonds is 3. The van der Waals surface area contributed by atoms with Crippen molar-refractivity contribution in [2.75, 3.05) is 39.4 Å². The molecule has 0 radical (unpaired) electrons. The largest absolute Gasteiger partial charge is 0.381 e. The van der Waals surface area contributed by atoms with Gasteiger partial charge in [-0.2, -0.15) is 0 Å². The Morgan fingerprint density at radius 1 is 1.50 bits per heavy atom. The van der Waals surface area contributed by atoms with E-state index in [0.717, 1.165) is 57.7 Å². The summed E-state index contributed by atoms with van der Waals surface area (Å²) in [5.41, 5.74) is 0.238.